The van der Waals surface area contributed by atoms with Crippen molar-refractivity contribution in [2.75, 3.05) is 11.6 Å². The van der Waals surface area contributed by atoms with Crippen LogP contribution >= 0.6 is 27.3 Å². The predicted molar refractivity (Wildman–Crippen MR) is 123 cm³/mol. The average molecular weight is 484 g/mol. The van der Waals surface area contributed by atoms with Gasteiger partial charge < -0.3 is 9.84 Å². The molecule has 3 aromatic rings. The Morgan fingerprint density at radius 3 is 2.77 bits per heavy atom. The lowest BCUT2D eigenvalue weighted by Gasteiger charge is -2.10. The highest BCUT2D eigenvalue weighted by Crippen LogP contribution is 2.37. The van der Waals surface area contributed by atoms with Crippen LogP contribution < -0.4 is 9.75 Å². The molecule has 1 aliphatic rings. The average Bonchev–Trinajstić information content (AvgIpc) is 3.33. The number of nitrogens with zero attached hydrogens (tertiary/aromatic N) is 3. The zero-order chi connectivity index (χ0) is 21.3. The van der Waals surface area contributed by atoms with Crippen molar-refractivity contribution in [1.29, 1.82) is 0 Å². The molecular weight excluding hydrogens is 466 g/mol. The van der Waals surface area contributed by atoms with Crippen molar-refractivity contribution in [3.63, 3.8) is 0 Å². The quantitative estimate of drug-likeness (QED) is 0.487. The highest BCUT2D eigenvalue weighted by molar-refractivity contribution is 9.10. The van der Waals surface area contributed by atoms with Crippen LogP contribution in [0.3, 0.4) is 0 Å². The summed E-state index contributed by atoms with van der Waals surface area (Å²) in [5.74, 6) is 0.0362. The summed E-state index contributed by atoms with van der Waals surface area (Å²) >= 11 is 4.77. The standard InChI is InChI=1S/C22H18BrN3O3S/c1-3-29-19-11-16(23)9-15(20(19)27)10-17-13(2)25-26(21(17)28)22-24-18(12-30-22)14-7-5-4-6-8-14/h4-12,27H,3H2,1-2H3. The lowest BCUT2D eigenvalue weighted by Crippen LogP contribution is -2.21. The van der Waals surface area contributed by atoms with Crippen LogP contribution in [0.2, 0.25) is 0 Å². The van der Waals surface area contributed by atoms with E-state index in [4.69, 9.17) is 4.74 Å². The molecule has 1 aromatic heterocycles. The van der Waals surface area contributed by atoms with Gasteiger partial charge in [-0.3, -0.25) is 4.79 Å². The lowest BCUT2D eigenvalue weighted by atomic mass is 10.1. The molecule has 4 rings (SSSR count). The molecule has 0 atom stereocenters. The van der Waals surface area contributed by atoms with E-state index in [1.807, 2.05) is 42.6 Å². The van der Waals surface area contributed by atoms with Crippen molar-refractivity contribution in [2.24, 2.45) is 5.10 Å². The smallest absolute Gasteiger partial charge is 0.282 e. The predicted octanol–water partition coefficient (Wildman–Crippen LogP) is 5.48. The molecule has 0 bridgehead atoms. The summed E-state index contributed by atoms with van der Waals surface area (Å²) in [5, 5.41) is 18.6. The number of anilines is 1. The number of ether oxygens (including phenoxy) is 1. The van der Waals surface area contributed by atoms with Crippen LogP contribution in [0.5, 0.6) is 11.5 Å². The van der Waals surface area contributed by atoms with Crippen molar-refractivity contribution < 1.29 is 14.6 Å². The second-order valence-corrected chi connectivity index (χ2v) is 8.27. The number of carbonyl (C=O) groups is 1. The number of hydrogen-bond acceptors (Lipinski definition) is 6. The Labute approximate surface area is 186 Å². The maximum atomic E-state index is 13.1. The van der Waals surface area contributed by atoms with Gasteiger partial charge in [-0.25, -0.2) is 4.98 Å². The maximum absolute atomic E-state index is 13.1. The van der Waals surface area contributed by atoms with E-state index in [9.17, 15) is 9.90 Å². The first-order chi connectivity index (χ1) is 14.5. The number of hydrogen-bond donors (Lipinski definition) is 1. The molecule has 2 aromatic carbocycles. The third-order valence-electron chi connectivity index (χ3n) is 4.47. The van der Waals surface area contributed by atoms with Gasteiger partial charge in [-0.05, 0) is 32.1 Å². The number of rotatable bonds is 5. The Hall–Kier alpha value is -2.97. The van der Waals surface area contributed by atoms with Crippen LogP contribution in [0.15, 0.2) is 63.0 Å². The first-order valence-corrected chi connectivity index (χ1v) is 10.9. The topological polar surface area (TPSA) is 75.0 Å². The number of thiazole rings is 1. The summed E-state index contributed by atoms with van der Waals surface area (Å²) in [6, 6.07) is 13.2. The Kier molecular flexibility index (Phi) is 5.69. The summed E-state index contributed by atoms with van der Waals surface area (Å²) in [5.41, 5.74) is 3.18. The normalized spacial score (nSPS) is 15.0. The second kappa shape index (κ2) is 8.41. The molecule has 2 heterocycles. The number of phenolic OH excluding ortho intramolecular Hbond substituents is 1. The number of aromatic nitrogens is 1. The fourth-order valence-corrected chi connectivity index (χ4v) is 4.28. The third-order valence-corrected chi connectivity index (χ3v) is 5.75. The van der Waals surface area contributed by atoms with Gasteiger partial charge in [0.25, 0.3) is 5.91 Å². The molecule has 8 heteroatoms. The minimum Gasteiger partial charge on any atom is -0.504 e. The van der Waals surface area contributed by atoms with Crippen LogP contribution in [0.25, 0.3) is 17.3 Å². The van der Waals surface area contributed by atoms with Gasteiger partial charge in [0, 0.05) is 21.0 Å². The van der Waals surface area contributed by atoms with E-state index in [2.05, 4.69) is 26.0 Å². The number of benzene rings is 2. The minimum atomic E-state index is -0.293. The molecule has 0 saturated heterocycles. The zero-order valence-corrected chi connectivity index (χ0v) is 18.7. The number of halogens is 1. The molecule has 0 radical (unpaired) electrons. The van der Waals surface area contributed by atoms with Gasteiger partial charge >= 0.3 is 0 Å². The zero-order valence-electron chi connectivity index (χ0n) is 16.3. The molecule has 0 saturated carbocycles. The summed E-state index contributed by atoms with van der Waals surface area (Å²) in [6.07, 6.45) is 1.62. The second-order valence-electron chi connectivity index (χ2n) is 6.52. The van der Waals surface area contributed by atoms with Gasteiger partial charge in [0.1, 0.15) is 0 Å². The Bertz CT molecular complexity index is 1170. The lowest BCUT2D eigenvalue weighted by molar-refractivity contribution is -0.114. The number of phenols is 1. The minimum absolute atomic E-state index is 0.0211. The molecule has 6 nitrogen and oxygen atoms in total. The summed E-state index contributed by atoms with van der Waals surface area (Å²) in [4.78, 5) is 17.6. The van der Waals surface area contributed by atoms with E-state index in [1.54, 1.807) is 25.1 Å². The van der Waals surface area contributed by atoms with Crippen molar-refractivity contribution in [3.8, 4) is 22.8 Å². The highest BCUT2D eigenvalue weighted by atomic mass is 79.9. The van der Waals surface area contributed by atoms with Crippen molar-refractivity contribution in [2.45, 2.75) is 13.8 Å². The molecule has 30 heavy (non-hydrogen) atoms. The third kappa shape index (κ3) is 3.88. The number of aromatic hydroxyl groups is 1. The van der Waals surface area contributed by atoms with Crippen molar-refractivity contribution in [3.05, 3.63) is 63.5 Å². The summed E-state index contributed by atoms with van der Waals surface area (Å²) in [7, 11) is 0. The number of hydrazone groups is 1. The molecule has 1 N–H and O–H groups in total. The van der Waals surface area contributed by atoms with Crippen molar-refractivity contribution >= 4 is 50.1 Å². The molecule has 152 valence electrons. The van der Waals surface area contributed by atoms with Crippen LogP contribution in [-0.4, -0.2) is 28.3 Å². The van der Waals surface area contributed by atoms with Gasteiger partial charge in [-0.1, -0.05) is 46.3 Å². The Morgan fingerprint density at radius 2 is 2.03 bits per heavy atom. The molecule has 0 fully saturated rings. The summed E-state index contributed by atoms with van der Waals surface area (Å²) < 4.78 is 6.20. The molecule has 1 amide bonds. The van der Waals surface area contributed by atoms with Crippen LogP contribution in [-0.2, 0) is 4.79 Å². The number of carbonyl (C=O) groups excluding carboxylic acids is 1. The van der Waals surface area contributed by atoms with Gasteiger partial charge in [0.15, 0.2) is 11.5 Å². The van der Waals surface area contributed by atoms with E-state index < -0.39 is 0 Å². The molecule has 0 spiro atoms. The summed E-state index contributed by atoms with van der Waals surface area (Å²) in [6.45, 7) is 4.01. The van der Waals surface area contributed by atoms with E-state index >= 15 is 0 Å². The fourth-order valence-electron chi connectivity index (χ4n) is 3.04. The first kappa shape index (κ1) is 20.3. The fraction of sp³-hybridized carbons (Fsp3) is 0.136. The monoisotopic (exact) mass is 483 g/mol. The van der Waals surface area contributed by atoms with E-state index in [1.165, 1.54) is 16.3 Å². The van der Waals surface area contributed by atoms with Gasteiger partial charge in [-0.15, -0.1) is 11.3 Å². The van der Waals surface area contributed by atoms with E-state index in [-0.39, 0.29) is 11.7 Å². The Balaban J connectivity index is 1.66. The largest absolute Gasteiger partial charge is 0.504 e. The van der Waals surface area contributed by atoms with Gasteiger partial charge in [0.2, 0.25) is 5.13 Å². The molecule has 0 unspecified atom stereocenters. The van der Waals surface area contributed by atoms with Gasteiger partial charge in [-0.2, -0.15) is 10.1 Å². The van der Waals surface area contributed by atoms with Crippen LogP contribution in [0.4, 0.5) is 5.13 Å². The first-order valence-electron chi connectivity index (χ1n) is 9.26. The van der Waals surface area contributed by atoms with Gasteiger partial charge in [0.05, 0.1) is 23.6 Å². The highest BCUT2D eigenvalue weighted by Gasteiger charge is 2.31. The van der Waals surface area contributed by atoms with Crippen LogP contribution in [0, 0.1) is 0 Å². The van der Waals surface area contributed by atoms with E-state index in [0.29, 0.717) is 34.3 Å². The maximum Gasteiger partial charge on any atom is 0.282 e. The Morgan fingerprint density at radius 1 is 1.27 bits per heavy atom. The van der Waals surface area contributed by atoms with Crippen LogP contribution in [0.1, 0.15) is 19.4 Å². The van der Waals surface area contributed by atoms with Crippen molar-refractivity contribution in [1.82, 2.24) is 4.98 Å². The SMILES string of the molecule is CCOc1cc(Br)cc(C=C2C(=O)N(c3nc(-c4ccccc4)cs3)N=C2C)c1O. The number of amides is 1. The van der Waals surface area contributed by atoms with E-state index in [0.717, 1.165) is 15.7 Å². The molecule has 1 aliphatic heterocycles. The molecular formula is C22H18BrN3O3S. The molecule has 0 aliphatic carbocycles.